The molecule has 144 valence electrons. The third kappa shape index (κ3) is 4.68. The molecular weight excluding hydrogens is 423 g/mol. The van der Waals surface area contributed by atoms with E-state index in [9.17, 15) is 5.11 Å². The Morgan fingerprint density at radius 3 is 2.59 bits per heavy atom. The second-order valence-electron chi connectivity index (χ2n) is 6.55. The van der Waals surface area contributed by atoms with Gasteiger partial charge in [0, 0.05) is 0 Å². The molecule has 0 radical (unpaired) electrons. The fourth-order valence-electron chi connectivity index (χ4n) is 3.28. The molecule has 0 aliphatic carbocycles. The number of ether oxygens (including phenoxy) is 1. The summed E-state index contributed by atoms with van der Waals surface area (Å²) in [6, 6.07) is 11.6. The number of nitrogens with one attached hydrogen (secondary N) is 1. The van der Waals surface area contributed by atoms with Crippen molar-refractivity contribution in [2.45, 2.75) is 35.6 Å². The second kappa shape index (κ2) is 9.14. The average Bonchev–Trinajstić information content (AvgIpc) is 2.68. The molecule has 3 rings (SSSR count). The predicted molar refractivity (Wildman–Crippen MR) is 117 cm³/mol. The Labute approximate surface area is 170 Å². The van der Waals surface area contributed by atoms with Crippen LogP contribution in [0.15, 0.2) is 36.4 Å². The number of hydrogen-bond acceptors (Lipinski definition) is 4. The Hall–Kier alpha value is -1.48. The molecule has 0 saturated heterocycles. The van der Waals surface area contributed by atoms with Crippen molar-refractivity contribution < 1.29 is 9.84 Å². The van der Waals surface area contributed by atoms with E-state index >= 15 is 0 Å². The molecule has 0 amide bonds. The molecule has 4 nitrogen and oxygen atoms in total. The number of aliphatic hydroxyl groups is 1. The molecule has 27 heavy (non-hydrogen) atoms. The zero-order valence-corrected chi connectivity index (χ0v) is 18.6. The van der Waals surface area contributed by atoms with Gasteiger partial charge < -0.3 is 0 Å². The summed E-state index contributed by atoms with van der Waals surface area (Å²) in [7, 11) is 1.66. The van der Waals surface area contributed by atoms with Crippen molar-refractivity contribution in [2.75, 3.05) is 19.0 Å². The molecule has 1 heterocycles. The number of benzene rings is 2. The molecule has 1 unspecified atom stereocenters. The molecule has 0 spiro atoms. The maximum absolute atomic E-state index is 10.5. The van der Waals surface area contributed by atoms with E-state index in [0.717, 1.165) is 38.5 Å². The van der Waals surface area contributed by atoms with Gasteiger partial charge in [0.2, 0.25) is 0 Å². The fourth-order valence-corrected chi connectivity index (χ4v) is 6.99. The number of fused-ring (bicyclic) bond motifs is 2. The maximum atomic E-state index is 10.5. The van der Waals surface area contributed by atoms with Gasteiger partial charge in [-0.2, -0.15) is 0 Å². The summed E-state index contributed by atoms with van der Waals surface area (Å²) in [6.45, 7) is 5.01. The zero-order chi connectivity index (χ0) is 19.4. The number of methoxy groups -OCH3 is 1. The number of nitrogens with zero attached hydrogens (tertiary/aromatic N) is 1. The number of halogens is 1. The van der Waals surface area contributed by atoms with Crippen LogP contribution < -0.4 is 10.1 Å². The molecule has 0 fully saturated rings. The fraction of sp³-hybridized carbons (Fsp3) is 0.381. The topological polar surface area (TPSA) is 54.4 Å². The molecule has 0 aliphatic rings. The van der Waals surface area contributed by atoms with Crippen molar-refractivity contribution in [3.8, 4) is 5.75 Å². The van der Waals surface area contributed by atoms with Gasteiger partial charge in [-0.3, -0.25) is 0 Å². The van der Waals surface area contributed by atoms with E-state index in [1.54, 1.807) is 7.11 Å². The summed E-state index contributed by atoms with van der Waals surface area (Å²) in [6.07, 6.45) is -0.332. The van der Waals surface area contributed by atoms with Crippen molar-refractivity contribution in [2.24, 2.45) is 0 Å². The van der Waals surface area contributed by atoms with E-state index in [4.69, 9.17) is 21.3 Å². The standard InChI is InChI=1S/C21H26AsClN2O2/c1-4-22(5-2)12-15(26)13-24-21-17-8-6-14(23)10-20(17)25-19-9-7-16(27-3)11-18(19)21/h6-11,15,26H,4-5,12-13H2,1-3H3,(H,24,25). The van der Waals surface area contributed by atoms with Crippen LogP contribution in [-0.4, -0.2) is 44.5 Å². The number of anilines is 1. The summed E-state index contributed by atoms with van der Waals surface area (Å²) >= 11 is 5.27. The van der Waals surface area contributed by atoms with Gasteiger partial charge in [0.05, 0.1) is 0 Å². The van der Waals surface area contributed by atoms with Crippen LogP contribution in [0.25, 0.3) is 21.8 Å². The van der Waals surface area contributed by atoms with Gasteiger partial charge in [0.15, 0.2) is 0 Å². The van der Waals surface area contributed by atoms with Gasteiger partial charge in [0.1, 0.15) is 0 Å². The Morgan fingerprint density at radius 2 is 1.89 bits per heavy atom. The molecule has 0 saturated carbocycles. The van der Waals surface area contributed by atoms with Crippen molar-refractivity contribution in [1.82, 2.24) is 4.98 Å². The molecule has 0 aliphatic heterocycles. The summed E-state index contributed by atoms with van der Waals surface area (Å²) in [4.78, 5) is 4.74. The van der Waals surface area contributed by atoms with Crippen LogP contribution in [0.1, 0.15) is 13.8 Å². The summed E-state index contributed by atoms with van der Waals surface area (Å²) in [5.74, 6) is 0.783. The van der Waals surface area contributed by atoms with Gasteiger partial charge in [-0.1, -0.05) is 0 Å². The molecule has 2 aromatic carbocycles. The molecular formula is C21H26AsClN2O2. The minimum absolute atomic E-state index is 0.332. The van der Waals surface area contributed by atoms with Gasteiger partial charge in [-0.05, 0) is 0 Å². The van der Waals surface area contributed by atoms with Gasteiger partial charge >= 0.3 is 170 Å². The van der Waals surface area contributed by atoms with E-state index < -0.39 is 14.7 Å². The first-order valence-electron chi connectivity index (χ1n) is 9.27. The first kappa shape index (κ1) is 20.3. The van der Waals surface area contributed by atoms with Crippen LogP contribution in [0, 0.1) is 0 Å². The Morgan fingerprint density at radius 1 is 1.11 bits per heavy atom. The van der Waals surface area contributed by atoms with Crippen LogP contribution in [0.5, 0.6) is 5.75 Å². The van der Waals surface area contributed by atoms with Crippen molar-refractivity contribution in [3.63, 3.8) is 0 Å². The number of aliphatic hydroxyl groups excluding tert-OH is 1. The first-order valence-corrected chi connectivity index (χ1v) is 13.6. The number of pyridine rings is 1. The van der Waals surface area contributed by atoms with E-state index in [0.29, 0.717) is 11.6 Å². The molecule has 2 N–H and O–H groups in total. The van der Waals surface area contributed by atoms with E-state index in [1.807, 2.05) is 36.4 Å². The van der Waals surface area contributed by atoms with Crippen LogP contribution in [0.4, 0.5) is 5.69 Å². The molecule has 6 heteroatoms. The monoisotopic (exact) mass is 448 g/mol. The Kier molecular flexibility index (Phi) is 6.86. The van der Waals surface area contributed by atoms with E-state index in [2.05, 4.69) is 19.2 Å². The van der Waals surface area contributed by atoms with E-state index in [1.165, 1.54) is 10.4 Å². The Balaban J connectivity index is 1.99. The number of hydrogen-bond donors (Lipinski definition) is 2. The van der Waals surface area contributed by atoms with Crippen molar-refractivity contribution in [1.29, 1.82) is 0 Å². The summed E-state index contributed by atoms with van der Waals surface area (Å²) in [5, 5.41) is 20.1. The van der Waals surface area contributed by atoms with Gasteiger partial charge in [0.25, 0.3) is 0 Å². The summed E-state index contributed by atoms with van der Waals surface area (Å²) < 4.78 is 5.40. The molecule has 3 aromatic rings. The summed E-state index contributed by atoms with van der Waals surface area (Å²) in [5.41, 5.74) is 2.68. The van der Waals surface area contributed by atoms with E-state index in [-0.39, 0.29) is 6.10 Å². The van der Waals surface area contributed by atoms with Crippen molar-refractivity contribution in [3.05, 3.63) is 41.4 Å². The normalized spacial score (nSPS) is 12.7. The van der Waals surface area contributed by atoms with Crippen LogP contribution >= 0.6 is 11.6 Å². The Bertz CT molecular complexity index is 931. The minimum atomic E-state index is -0.903. The van der Waals surface area contributed by atoms with Gasteiger partial charge in [-0.15, -0.1) is 0 Å². The molecule has 1 atom stereocenters. The van der Waals surface area contributed by atoms with Crippen LogP contribution in [0.3, 0.4) is 0 Å². The third-order valence-corrected chi connectivity index (χ3v) is 10.8. The average molecular weight is 449 g/mol. The quantitative estimate of drug-likeness (QED) is 0.360. The van der Waals surface area contributed by atoms with Crippen LogP contribution in [0.2, 0.25) is 20.6 Å². The number of aromatic nitrogens is 1. The second-order valence-corrected chi connectivity index (χ2v) is 13.2. The third-order valence-electron chi connectivity index (χ3n) is 4.82. The van der Waals surface area contributed by atoms with Crippen LogP contribution in [-0.2, 0) is 0 Å². The molecule has 0 bridgehead atoms. The van der Waals surface area contributed by atoms with Gasteiger partial charge in [-0.25, -0.2) is 0 Å². The zero-order valence-electron chi connectivity index (χ0n) is 16.0. The predicted octanol–water partition coefficient (Wildman–Crippen LogP) is 5.36. The van der Waals surface area contributed by atoms with Crippen molar-refractivity contribution >= 4 is 53.7 Å². The first-order chi connectivity index (χ1) is 13.0. The number of rotatable bonds is 8. The SMILES string of the molecule is CC[As](CC)CC(O)CNc1c2ccc(Cl)cc2nc2ccc(OC)cc12. The molecule has 1 aromatic heterocycles.